The molecule has 6 rings (SSSR count). The lowest BCUT2D eigenvalue weighted by Gasteiger charge is -2.47. The number of fused-ring (bicyclic) bond motifs is 6. The molecule has 3 aliphatic heterocycles. The van der Waals surface area contributed by atoms with Crippen LogP contribution in [0.4, 0.5) is 0 Å². The Hall–Kier alpha value is -2.99. The summed E-state index contributed by atoms with van der Waals surface area (Å²) in [7, 11) is 0. The highest BCUT2D eigenvalue weighted by atomic mass is 16.6. The molecule has 0 radical (unpaired) electrons. The summed E-state index contributed by atoms with van der Waals surface area (Å²) < 4.78 is 12.9. The molecule has 6 nitrogen and oxygen atoms in total. The van der Waals surface area contributed by atoms with Crippen molar-refractivity contribution in [2.24, 2.45) is 0 Å². The SMILES string of the molecule is CC1C[C@@]2(O1)C(=O)OCc1c2cc2n(c1=O)Cc1cc3ccccc3nc1-2. The van der Waals surface area contributed by atoms with E-state index in [0.29, 0.717) is 24.1 Å². The lowest BCUT2D eigenvalue weighted by Crippen LogP contribution is -2.56. The summed E-state index contributed by atoms with van der Waals surface area (Å²) in [6.07, 6.45) is 0.494. The van der Waals surface area contributed by atoms with Crippen molar-refractivity contribution in [3.05, 3.63) is 63.4 Å². The lowest BCUT2D eigenvalue weighted by atomic mass is 9.79. The minimum Gasteiger partial charge on any atom is -0.458 e. The summed E-state index contributed by atoms with van der Waals surface area (Å²) >= 11 is 0. The second-order valence-corrected chi connectivity index (χ2v) is 7.54. The topological polar surface area (TPSA) is 70.4 Å². The van der Waals surface area contributed by atoms with E-state index in [2.05, 4.69) is 6.07 Å². The molecule has 2 aromatic heterocycles. The fraction of sp³-hybridized carbons (Fsp3) is 0.286. The van der Waals surface area contributed by atoms with Crippen LogP contribution in [0.2, 0.25) is 0 Å². The Morgan fingerprint density at radius 3 is 2.85 bits per heavy atom. The Bertz CT molecular complexity index is 1220. The number of hydrogen-bond acceptors (Lipinski definition) is 5. The standard InChI is InChI=1S/C21H16N2O4/c1-11-8-21(27-11)15-7-17-18-13(6-12-4-2-3-5-16(12)22-18)9-23(17)19(24)14(15)10-26-20(21)25/h2-7,11H,8-10H2,1H3/t11?,21-/m0/s1. The van der Waals surface area contributed by atoms with Crippen molar-refractivity contribution in [2.75, 3.05) is 0 Å². The quantitative estimate of drug-likeness (QED) is 0.451. The van der Waals surface area contributed by atoms with Gasteiger partial charge in [-0.25, -0.2) is 9.78 Å². The summed E-state index contributed by atoms with van der Waals surface area (Å²) in [4.78, 5) is 30.4. The maximum atomic E-state index is 13.2. The average Bonchev–Trinajstić information content (AvgIpc) is 2.99. The number of nitrogens with zero attached hydrogens (tertiary/aromatic N) is 2. The van der Waals surface area contributed by atoms with Crippen LogP contribution >= 0.6 is 0 Å². The zero-order valence-corrected chi connectivity index (χ0v) is 14.7. The van der Waals surface area contributed by atoms with E-state index in [1.807, 2.05) is 37.3 Å². The molecule has 0 amide bonds. The van der Waals surface area contributed by atoms with Crippen LogP contribution in [-0.2, 0) is 33.0 Å². The van der Waals surface area contributed by atoms with Gasteiger partial charge in [0.25, 0.3) is 5.56 Å². The van der Waals surface area contributed by atoms with E-state index >= 15 is 0 Å². The molecule has 0 bridgehead atoms. The molecule has 2 atom stereocenters. The van der Waals surface area contributed by atoms with E-state index in [0.717, 1.165) is 27.9 Å². The molecule has 1 spiro atoms. The first-order valence-corrected chi connectivity index (χ1v) is 9.08. The number of rotatable bonds is 0. The number of para-hydroxylation sites is 1. The summed E-state index contributed by atoms with van der Waals surface area (Å²) in [6.45, 7) is 2.39. The molecule has 0 saturated carbocycles. The van der Waals surface area contributed by atoms with Crippen molar-refractivity contribution < 1.29 is 14.3 Å². The smallest absolute Gasteiger partial charge is 0.343 e. The van der Waals surface area contributed by atoms with Gasteiger partial charge in [0, 0.05) is 22.9 Å². The minimum absolute atomic E-state index is 0.00147. The van der Waals surface area contributed by atoms with E-state index < -0.39 is 11.6 Å². The van der Waals surface area contributed by atoms with Crippen LogP contribution in [0.5, 0.6) is 0 Å². The summed E-state index contributed by atoms with van der Waals surface area (Å²) in [5, 5.41) is 1.05. The van der Waals surface area contributed by atoms with Crippen molar-refractivity contribution >= 4 is 16.9 Å². The van der Waals surface area contributed by atoms with E-state index in [9.17, 15) is 9.59 Å². The second kappa shape index (κ2) is 4.84. The Kier molecular flexibility index (Phi) is 2.71. The molecule has 1 unspecified atom stereocenters. The molecular formula is C21H16N2O4. The fourth-order valence-electron chi connectivity index (χ4n) is 4.62. The number of benzene rings is 1. The maximum absolute atomic E-state index is 13.2. The number of ether oxygens (including phenoxy) is 2. The predicted octanol–water partition coefficient (Wildman–Crippen LogP) is 2.49. The van der Waals surface area contributed by atoms with E-state index in [1.54, 1.807) is 4.57 Å². The lowest BCUT2D eigenvalue weighted by molar-refractivity contribution is -0.234. The summed E-state index contributed by atoms with van der Waals surface area (Å²) in [5.41, 5.74) is 3.35. The van der Waals surface area contributed by atoms with Gasteiger partial charge in [0.1, 0.15) is 6.61 Å². The first-order chi connectivity index (χ1) is 13.1. The molecular weight excluding hydrogens is 344 g/mol. The number of esters is 1. The number of cyclic esters (lactones) is 1. The van der Waals surface area contributed by atoms with Gasteiger partial charge < -0.3 is 14.0 Å². The van der Waals surface area contributed by atoms with Crippen LogP contribution in [0.1, 0.15) is 30.0 Å². The third-order valence-corrected chi connectivity index (χ3v) is 5.86. The van der Waals surface area contributed by atoms with Crippen LogP contribution in [-0.4, -0.2) is 21.6 Å². The Labute approximate surface area is 154 Å². The fourth-order valence-corrected chi connectivity index (χ4v) is 4.62. The Morgan fingerprint density at radius 2 is 2.04 bits per heavy atom. The summed E-state index contributed by atoms with van der Waals surface area (Å²) in [5.74, 6) is -0.401. The highest BCUT2D eigenvalue weighted by Crippen LogP contribution is 2.47. The molecule has 3 aromatic rings. The van der Waals surface area contributed by atoms with Gasteiger partial charge in [0.2, 0.25) is 0 Å². The molecule has 0 N–H and O–H groups in total. The van der Waals surface area contributed by atoms with Gasteiger partial charge in [-0.3, -0.25) is 4.79 Å². The van der Waals surface area contributed by atoms with Gasteiger partial charge in [-0.15, -0.1) is 0 Å². The number of hydrogen-bond donors (Lipinski definition) is 0. The van der Waals surface area contributed by atoms with Crippen LogP contribution in [0.25, 0.3) is 22.3 Å². The zero-order chi connectivity index (χ0) is 18.3. The maximum Gasteiger partial charge on any atom is 0.343 e. The summed E-state index contributed by atoms with van der Waals surface area (Å²) in [6, 6.07) is 11.9. The van der Waals surface area contributed by atoms with Crippen molar-refractivity contribution in [1.82, 2.24) is 9.55 Å². The van der Waals surface area contributed by atoms with Crippen molar-refractivity contribution in [1.29, 1.82) is 0 Å². The van der Waals surface area contributed by atoms with Crippen molar-refractivity contribution in [3.63, 3.8) is 0 Å². The molecule has 27 heavy (non-hydrogen) atoms. The van der Waals surface area contributed by atoms with Crippen LogP contribution < -0.4 is 5.56 Å². The predicted molar refractivity (Wildman–Crippen MR) is 97.2 cm³/mol. The highest BCUT2D eigenvalue weighted by Gasteiger charge is 2.56. The largest absolute Gasteiger partial charge is 0.458 e. The Morgan fingerprint density at radius 1 is 1.22 bits per heavy atom. The average molecular weight is 360 g/mol. The number of aromatic nitrogens is 2. The molecule has 0 aliphatic carbocycles. The van der Waals surface area contributed by atoms with Gasteiger partial charge in [-0.2, -0.15) is 0 Å². The van der Waals surface area contributed by atoms with Crippen molar-refractivity contribution in [3.8, 4) is 11.4 Å². The van der Waals surface area contributed by atoms with E-state index in [4.69, 9.17) is 14.5 Å². The second-order valence-electron chi connectivity index (χ2n) is 7.54. The molecule has 1 aromatic carbocycles. The molecule has 5 heterocycles. The number of carbonyl (C=O) groups excluding carboxylic acids is 1. The third kappa shape index (κ3) is 1.81. The molecule has 1 saturated heterocycles. The number of carbonyl (C=O) groups is 1. The highest BCUT2D eigenvalue weighted by molar-refractivity contribution is 5.87. The Balaban J connectivity index is 1.62. The minimum atomic E-state index is -1.14. The van der Waals surface area contributed by atoms with Gasteiger partial charge >= 0.3 is 5.97 Å². The first-order valence-electron chi connectivity index (χ1n) is 9.08. The first kappa shape index (κ1) is 15.1. The zero-order valence-electron chi connectivity index (χ0n) is 14.7. The van der Waals surface area contributed by atoms with Crippen LogP contribution in [0.15, 0.2) is 41.2 Å². The normalized spacial score (nSPS) is 24.9. The van der Waals surface area contributed by atoms with Gasteiger partial charge in [0.05, 0.1) is 35.1 Å². The molecule has 3 aliphatic rings. The van der Waals surface area contributed by atoms with Gasteiger partial charge in [-0.1, -0.05) is 18.2 Å². The van der Waals surface area contributed by atoms with Crippen LogP contribution in [0.3, 0.4) is 0 Å². The van der Waals surface area contributed by atoms with E-state index in [-0.39, 0.29) is 18.3 Å². The monoisotopic (exact) mass is 360 g/mol. The molecule has 1 fully saturated rings. The van der Waals surface area contributed by atoms with Gasteiger partial charge in [0.15, 0.2) is 5.60 Å². The third-order valence-electron chi connectivity index (χ3n) is 5.86. The molecule has 134 valence electrons. The number of pyridine rings is 2. The van der Waals surface area contributed by atoms with Gasteiger partial charge in [-0.05, 0) is 25.1 Å². The van der Waals surface area contributed by atoms with Crippen molar-refractivity contribution in [2.45, 2.75) is 38.2 Å². The van der Waals surface area contributed by atoms with Crippen LogP contribution in [0, 0.1) is 0 Å². The van der Waals surface area contributed by atoms with E-state index in [1.165, 1.54) is 0 Å². The molecule has 6 heteroatoms.